The van der Waals surface area contributed by atoms with E-state index in [1.165, 1.54) is 0 Å². The lowest BCUT2D eigenvalue weighted by molar-refractivity contribution is -0.145. The van der Waals surface area contributed by atoms with E-state index in [4.69, 9.17) is 0 Å². The third-order valence-corrected chi connectivity index (χ3v) is 1.10. The predicted molar refractivity (Wildman–Crippen MR) is 38.9 cm³/mol. The summed E-state index contributed by atoms with van der Waals surface area (Å²) >= 11 is 0. The van der Waals surface area contributed by atoms with E-state index in [0.717, 1.165) is 12.3 Å². The number of nitrogens with one attached hydrogen (secondary N) is 1. The molecule has 0 saturated carbocycles. The first kappa shape index (κ1) is 9.17. The molecule has 0 saturated heterocycles. The summed E-state index contributed by atoms with van der Waals surface area (Å²) in [7, 11) is 0. The summed E-state index contributed by atoms with van der Waals surface area (Å²) in [6.07, 6.45) is 0.925. The van der Waals surface area contributed by atoms with Crippen LogP contribution in [0.2, 0.25) is 0 Å². The zero-order valence-corrected chi connectivity index (χ0v) is 6.32. The minimum atomic E-state index is -1.34. The number of hydrogen-bond donors (Lipinski definition) is 1. The van der Waals surface area contributed by atoms with Crippen LogP contribution in [0, 0.1) is 0 Å². The fourth-order valence-corrected chi connectivity index (χ4v) is 0.611. The highest BCUT2D eigenvalue weighted by molar-refractivity contribution is 5.70. The smallest absolute Gasteiger partial charge is 0.329 e. The molecule has 1 aromatic heterocycles. The van der Waals surface area contributed by atoms with Crippen LogP contribution >= 0.6 is 0 Å². The normalized spacial score (nSPS) is 9.62. The molecule has 0 aliphatic heterocycles. The topological polar surface area (TPSA) is 81.2 Å². The fraction of sp³-hybridized carbons (Fsp3) is 0.167. The molecule has 70 valence electrons. The molecule has 1 heterocycles. The second-order valence-corrected chi connectivity index (χ2v) is 2.03. The van der Waals surface area contributed by atoms with Crippen molar-refractivity contribution in [2.24, 2.45) is 0 Å². The van der Waals surface area contributed by atoms with E-state index in [9.17, 15) is 18.8 Å². The molecule has 1 rings (SSSR count). The summed E-state index contributed by atoms with van der Waals surface area (Å²) < 4.78 is 12.1. The van der Waals surface area contributed by atoms with Crippen LogP contribution in [0.5, 0.6) is 0 Å². The van der Waals surface area contributed by atoms with Gasteiger partial charge in [0.2, 0.25) is 0 Å². The van der Waals surface area contributed by atoms with Gasteiger partial charge < -0.3 is 4.84 Å². The fourth-order valence-electron chi connectivity index (χ4n) is 0.611. The minimum absolute atomic E-state index is 0.434. The van der Waals surface area contributed by atoms with Crippen LogP contribution in [-0.4, -0.2) is 22.4 Å². The minimum Gasteiger partial charge on any atom is -0.329 e. The van der Waals surface area contributed by atoms with Gasteiger partial charge in [-0.2, -0.15) is 0 Å². The van der Waals surface area contributed by atoms with Gasteiger partial charge in [0.1, 0.15) is 0 Å². The third-order valence-electron chi connectivity index (χ3n) is 1.10. The number of hydrogen-bond acceptors (Lipinski definition) is 4. The Bertz CT molecular complexity index is 421. The van der Waals surface area contributed by atoms with E-state index >= 15 is 0 Å². The van der Waals surface area contributed by atoms with Crippen molar-refractivity contribution in [3.63, 3.8) is 0 Å². The highest BCUT2D eigenvalue weighted by Crippen LogP contribution is 1.74. The van der Waals surface area contributed by atoms with Crippen LogP contribution in [-0.2, 0) is 4.79 Å². The Hall–Kier alpha value is -1.92. The maximum Gasteiger partial charge on any atom is 0.363 e. The molecule has 0 unspecified atom stereocenters. The molecule has 1 N–H and O–H groups in total. The summed E-state index contributed by atoms with van der Waals surface area (Å²) in [5, 5.41) is 0. The number of carbonyl (C=O) groups is 1. The maximum atomic E-state index is 11.6. The molecule has 0 radical (unpaired) electrons. The van der Waals surface area contributed by atoms with Crippen LogP contribution in [0.3, 0.4) is 0 Å². The number of halogens is 1. The van der Waals surface area contributed by atoms with Gasteiger partial charge in [-0.15, -0.1) is 4.73 Å². The molecule has 0 fully saturated rings. The first-order valence-electron chi connectivity index (χ1n) is 3.22. The number of alkyl halides is 1. The molecule has 0 aliphatic rings. The Labute approximate surface area is 70.5 Å². The zero-order chi connectivity index (χ0) is 9.84. The maximum absolute atomic E-state index is 11.6. The molecule has 0 spiro atoms. The number of H-pyrrole nitrogens is 1. The van der Waals surface area contributed by atoms with E-state index in [1.807, 2.05) is 4.98 Å². The number of aromatic amines is 1. The highest BCUT2D eigenvalue weighted by Gasteiger charge is 2.04. The number of nitrogens with zero attached hydrogens (tertiary/aromatic N) is 1. The molecular weight excluding hydrogens is 183 g/mol. The highest BCUT2D eigenvalue weighted by atomic mass is 19.1. The molecule has 6 nitrogen and oxygen atoms in total. The van der Waals surface area contributed by atoms with E-state index < -0.39 is 23.9 Å². The molecule has 0 atom stereocenters. The Balaban J connectivity index is 2.97. The molecule has 7 heteroatoms. The van der Waals surface area contributed by atoms with Crippen molar-refractivity contribution < 1.29 is 14.0 Å². The van der Waals surface area contributed by atoms with Gasteiger partial charge in [-0.05, 0) is 0 Å². The van der Waals surface area contributed by atoms with Crippen LogP contribution in [0.15, 0.2) is 21.9 Å². The van der Waals surface area contributed by atoms with Crippen molar-refractivity contribution in [3.05, 3.63) is 33.1 Å². The largest absolute Gasteiger partial charge is 0.363 e. The number of rotatable bonds is 2. The second kappa shape index (κ2) is 3.65. The quantitative estimate of drug-likeness (QED) is 0.609. The summed E-state index contributed by atoms with van der Waals surface area (Å²) in [6.45, 7) is -1.34. The van der Waals surface area contributed by atoms with Gasteiger partial charge in [0.05, 0.1) is 6.20 Å². The van der Waals surface area contributed by atoms with Gasteiger partial charge >= 0.3 is 11.7 Å². The van der Waals surface area contributed by atoms with Crippen LogP contribution < -0.4 is 16.1 Å². The van der Waals surface area contributed by atoms with E-state index in [2.05, 4.69) is 4.84 Å². The summed E-state index contributed by atoms with van der Waals surface area (Å²) in [5.41, 5.74) is -1.56. The lowest BCUT2D eigenvalue weighted by Gasteiger charge is -2.01. The average Bonchev–Trinajstić information content (AvgIpc) is 2.09. The predicted octanol–water partition coefficient (Wildman–Crippen LogP) is -1.54. The van der Waals surface area contributed by atoms with E-state index in [0.29, 0.717) is 4.73 Å². The van der Waals surface area contributed by atoms with Crippen molar-refractivity contribution >= 4 is 5.97 Å². The molecule has 13 heavy (non-hydrogen) atoms. The third kappa shape index (κ3) is 2.26. The molecular formula is C6H5FN2O4. The molecule has 0 amide bonds. The average molecular weight is 188 g/mol. The van der Waals surface area contributed by atoms with Gasteiger partial charge in [-0.1, -0.05) is 0 Å². The zero-order valence-electron chi connectivity index (χ0n) is 6.32. The Morgan fingerprint density at radius 3 is 2.85 bits per heavy atom. The monoisotopic (exact) mass is 188 g/mol. The lowest BCUT2D eigenvalue weighted by atomic mass is 10.7. The lowest BCUT2D eigenvalue weighted by Crippen LogP contribution is -2.35. The van der Waals surface area contributed by atoms with E-state index in [-0.39, 0.29) is 0 Å². The standard InChI is InChI=1S/C6H5FN2O4/c7-3-5(11)13-9-2-1-4(10)8-6(9)12/h1-2H,3H2,(H,8,10,12). The first-order chi connectivity index (χ1) is 6.13. The van der Waals surface area contributed by atoms with Gasteiger partial charge in [-0.3, -0.25) is 9.78 Å². The van der Waals surface area contributed by atoms with Crippen molar-refractivity contribution in [3.8, 4) is 0 Å². The second-order valence-electron chi connectivity index (χ2n) is 2.03. The Kier molecular flexibility index (Phi) is 2.58. The van der Waals surface area contributed by atoms with E-state index in [1.54, 1.807) is 0 Å². The Morgan fingerprint density at radius 1 is 1.62 bits per heavy atom. The van der Waals surface area contributed by atoms with Crippen molar-refractivity contribution in [2.75, 3.05) is 6.67 Å². The van der Waals surface area contributed by atoms with Gasteiger partial charge in [0.25, 0.3) is 5.56 Å². The number of carbonyl (C=O) groups excluding carboxylic acids is 1. The van der Waals surface area contributed by atoms with Crippen molar-refractivity contribution in [1.82, 2.24) is 9.71 Å². The van der Waals surface area contributed by atoms with Gasteiger partial charge in [0, 0.05) is 6.07 Å². The van der Waals surface area contributed by atoms with Crippen LogP contribution in [0.4, 0.5) is 4.39 Å². The molecule has 0 aromatic carbocycles. The van der Waals surface area contributed by atoms with Crippen LogP contribution in [0.1, 0.15) is 0 Å². The first-order valence-corrected chi connectivity index (χ1v) is 3.22. The molecule has 0 bridgehead atoms. The van der Waals surface area contributed by atoms with Crippen molar-refractivity contribution in [1.29, 1.82) is 0 Å². The van der Waals surface area contributed by atoms with Gasteiger partial charge in [-0.25, -0.2) is 14.0 Å². The summed E-state index contributed by atoms with van der Waals surface area (Å²) in [5.74, 6) is -1.21. The molecule has 1 aromatic rings. The Morgan fingerprint density at radius 2 is 2.31 bits per heavy atom. The summed E-state index contributed by atoms with van der Waals surface area (Å²) in [4.78, 5) is 37.7. The SMILES string of the molecule is O=C(CF)On1ccc(=O)[nH]c1=O. The number of aromatic nitrogens is 2. The summed E-state index contributed by atoms with van der Waals surface area (Å²) in [6, 6.07) is 0.965. The van der Waals surface area contributed by atoms with Crippen LogP contribution in [0.25, 0.3) is 0 Å². The van der Waals surface area contributed by atoms with Gasteiger partial charge in [0.15, 0.2) is 6.67 Å². The van der Waals surface area contributed by atoms with Crippen molar-refractivity contribution in [2.45, 2.75) is 0 Å². The molecule has 0 aliphatic carbocycles.